The van der Waals surface area contributed by atoms with Crippen molar-refractivity contribution < 1.29 is 69.3 Å². The third-order valence-electron chi connectivity index (χ3n) is 7.63. The molecular weight excluding hydrogens is 576 g/mol. The first-order valence-electron chi connectivity index (χ1n) is 13.3. The molecule has 1 aromatic heterocycles. The first-order chi connectivity index (χ1) is 20.5. The van der Waals surface area contributed by atoms with E-state index in [0.29, 0.717) is 5.56 Å². The lowest BCUT2D eigenvalue weighted by atomic mass is 9.89. The zero-order valence-electron chi connectivity index (χ0n) is 22.6. The second-order valence-corrected chi connectivity index (χ2v) is 10.3. The Labute approximate surface area is 242 Å². The molecular formula is C28H32O15. The van der Waals surface area contributed by atoms with E-state index in [0.717, 1.165) is 6.07 Å². The van der Waals surface area contributed by atoms with E-state index in [4.69, 9.17) is 23.4 Å². The van der Waals surface area contributed by atoms with E-state index in [-0.39, 0.29) is 33.8 Å². The van der Waals surface area contributed by atoms with Crippen LogP contribution < -0.4 is 14.9 Å². The fraction of sp³-hybridized carbons (Fsp3) is 0.464. The van der Waals surface area contributed by atoms with Crippen molar-refractivity contribution in [2.75, 3.05) is 20.3 Å². The molecule has 0 radical (unpaired) electrons. The smallest absolute Gasteiger partial charge is 0.229 e. The molecule has 0 bridgehead atoms. The van der Waals surface area contributed by atoms with E-state index in [1.807, 2.05) is 0 Å². The number of rotatable bonds is 7. The van der Waals surface area contributed by atoms with Gasteiger partial charge in [-0.05, 0) is 24.3 Å². The lowest BCUT2D eigenvalue weighted by Crippen LogP contribution is -2.60. The number of aliphatic hydroxyl groups is 8. The van der Waals surface area contributed by atoms with Crippen LogP contribution in [0, 0.1) is 0 Å². The summed E-state index contributed by atoms with van der Waals surface area (Å²) in [5, 5.41) is 90.8. The van der Waals surface area contributed by atoms with Gasteiger partial charge in [0.05, 0.1) is 25.9 Å². The van der Waals surface area contributed by atoms with E-state index in [9.17, 15) is 50.8 Å². The maximum atomic E-state index is 13.2. The Bertz CT molecular complexity index is 1490. The molecule has 2 unspecified atom stereocenters. The number of fused-ring (bicyclic) bond motifs is 1. The lowest BCUT2D eigenvalue weighted by Gasteiger charge is -2.40. The van der Waals surface area contributed by atoms with Gasteiger partial charge in [-0.2, -0.15) is 0 Å². The summed E-state index contributed by atoms with van der Waals surface area (Å²) >= 11 is 0. The molecule has 43 heavy (non-hydrogen) atoms. The summed E-state index contributed by atoms with van der Waals surface area (Å²) in [6.07, 6.45) is -15.2. The van der Waals surface area contributed by atoms with Gasteiger partial charge in [-0.25, -0.2) is 0 Å². The number of ether oxygens (including phenoxy) is 4. The Morgan fingerprint density at radius 2 is 1.40 bits per heavy atom. The zero-order chi connectivity index (χ0) is 31.2. The number of aliphatic hydroxyl groups excluding tert-OH is 8. The van der Waals surface area contributed by atoms with Crippen molar-refractivity contribution in [3.05, 3.63) is 52.2 Å². The Morgan fingerprint density at radius 3 is 2.00 bits per heavy atom. The van der Waals surface area contributed by atoms with Crippen LogP contribution in [0.1, 0.15) is 11.7 Å². The van der Waals surface area contributed by atoms with Crippen LogP contribution in [0.4, 0.5) is 0 Å². The fourth-order valence-corrected chi connectivity index (χ4v) is 5.22. The van der Waals surface area contributed by atoms with Gasteiger partial charge in [0.2, 0.25) is 6.29 Å². The molecule has 0 aliphatic carbocycles. The molecule has 3 heterocycles. The van der Waals surface area contributed by atoms with Gasteiger partial charge in [0.25, 0.3) is 0 Å². The van der Waals surface area contributed by atoms with Crippen molar-refractivity contribution in [1.82, 2.24) is 0 Å². The average Bonchev–Trinajstić information content (AvgIpc) is 3.00. The molecule has 0 saturated carbocycles. The van der Waals surface area contributed by atoms with E-state index in [2.05, 4.69) is 0 Å². The van der Waals surface area contributed by atoms with Crippen LogP contribution in [0.3, 0.4) is 0 Å². The highest BCUT2D eigenvalue weighted by Gasteiger charge is 2.47. The van der Waals surface area contributed by atoms with E-state index >= 15 is 0 Å². The van der Waals surface area contributed by atoms with Crippen LogP contribution in [0.25, 0.3) is 22.3 Å². The van der Waals surface area contributed by atoms with Gasteiger partial charge >= 0.3 is 0 Å². The Kier molecular flexibility index (Phi) is 8.92. The van der Waals surface area contributed by atoms with Crippen LogP contribution in [0.2, 0.25) is 0 Å². The van der Waals surface area contributed by atoms with Crippen LogP contribution in [-0.4, -0.2) is 121 Å². The SMILES string of the molecule is COc1cc2oc(-c3ccc(OC4O[C@H](CO)[C@@H](O)[C@H](O)[C@H]4O)cc3)cc(=O)c2c(O)c1C1O[C@@H](CO)[C@H](O)[C@@H](O)[C@@H]1O. The van der Waals surface area contributed by atoms with Gasteiger partial charge in [-0.15, -0.1) is 0 Å². The largest absolute Gasteiger partial charge is 0.506 e. The normalized spacial score (nSPS) is 33.0. The van der Waals surface area contributed by atoms with Crippen LogP contribution in [0.5, 0.6) is 17.2 Å². The predicted molar refractivity (Wildman–Crippen MR) is 143 cm³/mol. The standard InChI is InChI=1S/C28H32O15/c1-39-14-7-15-18(22(34)19(14)27-25(37)23(35)20(32)16(8-29)42-27)12(31)6-13(41-15)10-2-4-11(5-3-10)40-28-26(38)24(36)21(33)17(9-30)43-28/h2-7,16-17,20-21,23-30,32-38H,8-9H2,1H3/t16-,17+,20-,21+,23+,24-,25-,26+,27?,28?/m0/s1. The summed E-state index contributed by atoms with van der Waals surface area (Å²) < 4.78 is 27.7. The van der Waals surface area contributed by atoms with Crippen LogP contribution in [0.15, 0.2) is 45.6 Å². The van der Waals surface area contributed by atoms with Crippen molar-refractivity contribution in [1.29, 1.82) is 0 Å². The molecule has 2 saturated heterocycles. The maximum absolute atomic E-state index is 13.2. The molecule has 0 spiro atoms. The highest BCUT2D eigenvalue weighted by molar-refractivity contribution is 5.88. The molecule has 10 atom stereocenters. The highest BCUT2D eigenvalue weighted by Crippen LogP contribution is 2.45. The number of aromatic hydroxyl groups is 1. The van der Waals surface area contributed by atoms with E-state index in [1.54, 1.807) is 0 Å². The van der Waals surface area contributed by atoms with E-state index < -0.39 is 85.6 Å². The molecule has 2 aliphatic heterocycles. The average molecular weight is 609 g/mol. The van der Waals surface area contributed by atoms with Gasteiger partial charge < -0.3 is 69.3 Å². The highest BCUT2D eigenvalue weighted by atomic mass is 16.7. The van der Waals surface area contributed by atoms with Crippen molar-refractivity contribution >= 4 is 11.0 Å². The summed E-state index contributed by atoms with van der Waals surface area (Å²) in [7, 11) is 1.25. The molecule has 234 valence electrons. The molecule has 15 nitrogen and oxygen atoms in total. The third-order valence-corrected chi connectivity index (χ3v) is 7.63. The van der Waals surface area contributed by atoms with Crippen LogP contribution in [-0.2, 0) is 9.47 Å². The molecule has 9 N–H and O–H groups in total. The van der Waals surface area contributed by atoms with Gasteiger partial charge in [-0.3, -0.25) is 4.79 Å². The number of methoxy groups -OCH3 is 1. The first kappa shape index (κ1) is 31.1. The van der Waals surface area contributed by atoms with Gasteiger partial charge in [0.15, 0.2) is 5.43 Å². The minimum Gasteiger partial charge on any atom is -0.506 e. The maximum Gasteiger partial charge on any atom is 0.229 e. The predicted octanol–water partition coefficient (Wildman–Crippen LogP) is -2.13. The second kappa shape index (κ2) is 12.3. The molecule has 0 amide bonds. The number of phenolic OH excluding ortho intramolecular Hbond substituents is 1. The van der Waals surface area contributed by atoms with Gasteiger partial charge in [0.1, 0.15) is 88.9 Å². The number of hydrogen-bond acceptors (Lipinski definition) is 15. The molecule has 2 aromatic carbocycles. The molecule has 2 aliphatic rings. The fourth-order valence-electron chi connectivity index (χ4n) is 5.22. The van der Waals surface area contributed by atoms with Crippen LogP contribution >= 0.6 is 0 Å². The molecule has 15 heteroatoms. The minimum atomic E-state index is -1.75. The van der Waals surface area contributed by atoms with E-state index in [1.165, 1.54) is 37.4 Å². The Balaban J connectivity index is 1.45. The molecule has 3 aromatic rings. The summed E-state index contributed by atoms with van der Waals surface area (Å²) in [5.74, 6) is -0.459. The quantitative estimate of drug-likeness (QED) is 0.139. The lowest BCUT2D eigenvalue weighted by molar-refractivity contribution is -0.277. The second-order valence-electron chi connectivity index (χ2n) is 10.3. The van der Waals surface area contributed by atoms with Crippen molar-refractivity contribution in [3.8, 4) is 28.6 Å². The third kappa shape index (κ3) is 5.56. The van der Waals surface area contributed by atoms with Crippen molar-refractivity contribution in [2.45, 2.75) is 61.2 Å². The minimum absolute atomic E-state index is 0.0714. The number of phenols is 1. The Morgan fingerprint density at radius 1 is 0.791 bits per heavy atom. The summed E-state index contributed by atoms with van der Waals surface area (Å²) in [5.41, 5.74) is -0.561. The first-order valence-corrected chi connectivity index (χ1v) is 13.3. The topological polar surface area (TPSA) is 249 Å². The summed E-state index contributed by atoms with van der Waals surface area (Å²) in [4.78, 5) is 13.2. The molecule has 2 fully saturated rings. The van der Waals surface area contributed by atoms with Crippen molar-refractivity contribution in [3.63, 3.8) is 0 Å². The van der Waals surface area contributed by atoms with Crippen molar-refractivity contribution in [2.24, 2.45) is 0 Å². The summed E-state index contributed by atoms with van der Waals surface area (Å²) in [6, 6.07) is 8.35. The number of benzene rings is 2. The summed E-state index contributed by atoms with van der Waals surface area (Å²) in [6.45, 7) is -1.31. The monoisotopic (exact) mass is 608 g/mol. The van der Waals surface area contributed by atoms with Gasteiger partial charge in [-0.1, -0.05) is 0 Å². The Hall–Kier alpha value is -3.35. The number of hydrogen-bond donors (Lipinski definition) is 9. The zero-order valence-corrected chi connectivity index (χ0v) is 22.6. The van der Waals surface area contributed by atoms with Gasteiger partial charge in [0, 0.05) is 17.7 Å². The molecule has 5 rings (SSSR count).